The molecule has 1 N–H and O–H groups in total. The van der Waals surface area contributed by atoms with E-state index >= 15 is 0 Å². The summed E-state index contributed by atoms with van der Waals surface area (Å²) < 4.78 is 5.57. The van der Waals surface area contributed by atoms with Gasteiger partial charge in [-0.25, -0.2) is 15.0 Å². The third-order valence-corrected chi connectivity index (χ3v) is 4.23. The first-order chi connectivity index (χ1) is 11.2. The van der Waals surface area contributed by atoms with E-state index in [1.807, 2.05) is 25.3 Å². The molecule has 6 heteroatoms. The lowest BCUT2D eigenvalue weighted by atomic mass is 10.2. The summed E-state index contributed by atoms with van der Waals surface area (Å²) in [4.78, 5) is 15.3. The van der Waals surface area contributed by atoms with Gasteiger partial charge in [0.25, 0.3) is 0 Å². The molecule has 2 aromatic rings. The minimum atomic E-state index is 0.225. The summed E-state index contributed by atoms with van der Waals surface area (Å²) in [5.74, 6) is 1.87. The average Bonchev–Trinajstić information content (AvgIpc) is 2.96. The number of methoxy groups -OCH3 is 1. The van der Waals surface area contributed by atoms with Crippen LogP contribution in [0, 0.1) is 13.8 Å². The molecule has 0 bridgehead atoms. The first-order valence-corrected chi connectivity index (χ1v) is 7.90. The number of pyridine rings is 1. The monoisotopic (exact) mass is 313 g/mol. The molecule has 0 saturated carbocycles. The molecule has 1 fully saturated rings. The van der Waals surface area contributed by atoms with Crippen molar-refractivity contribution in [2.24, 2.45) is 0 Å². The number of ether oxygens (including phenoxy) is 1. The second kappa shape index (κ2) is 6.91. The van der Waals surface area contributed by atoms with Crippen molar-refractivity contribution in [3.05, 3.63) is 42.0 Å². The van der Waals surface area contributed by atoms with E-state index in [0.717, 1.165) is 36.8 Å². The number of nitrogens with zero attached hydrogens (tertiary/aromatic N) is 4. The van der Waals surface area contributed by atoms with Crippen LogP contribution < -0.4 is 10.2 Å². The molecule has 122 valence electrons. The minimum absolute atomic E-state index is 0.225. The third kappa shape index (κ3) is 3.76. The molecule has 1 aliphatic heterocycles. The Kier molecular flexibility index (Phi) is 4.71. The molecule has 0 unspecified atom stereocenters. The Morgan fingerprint density at radius 3 is 2.87 bits per heavy atom. The molecule has 3 heterocycles. The van der Waals surface area contributed by atoms with Crippen LogP contribution in [0.15, 0.2) is 30.7 Å². The van der Waals surface area contributed by atoms with Gasteiger partial charge in [0.2, 0.25) is 0 Å². The van der Waals surface area contributed by atoms with Crippen molar-refractivity contribution >= 4 is 11.6 Å². The van der Waals surface area contributed by atoms with Crippen LogP contribution in [0.4, 0.5) is 11.6 Å². The van der Waals surface area contributed by atoms with Gasteiger partial charge in [-0.2, -0.15) is 0 Å². The maximum absolute atomic E-state index is 5.57. The fourth-order valence-electron chi connectivity index (χ4n) is 2.97. The normalized spacial score (nSPS) is 20.7. The Morgan fingerprint density at radius 2 is 2.13 bits per heavy atom. The largest absolute Gasteiger partial charge is 0.380 e. The fraction of sp³-hybridized carbons (Fsp3) is 0.471. The zero-order valence-electron chi connectivity index (χ0n) is 13.9. The highest BCUT2D eigenvalue weighted by atomic mass is 16.5. The highest BCUT2D eigenvalue weighted by Gasteiger charge is 2.33. The van der Waals surface area contributed by atoms with Gasteiger partial charge >= 0.3 is 0 Å². The quantitative estimate of drug-likeness (QED) is 0.913. The highest BCUT2D eigenvalue weighted by molar-refractivity contribution is 5.44. The lowest BCUT2D eigenvalue weighted by molar-refractivity contribution is 0.118. The summed E-state index contributed by atoms with van der Waals surface area (Å²) in [6.07, 6.45) is 4.65. The smallest absolute Gasteiger partial charge is 0.132 e. The van der Waals surface area contributed by atoms with Gasteiger partial charge in [-0.15, -0.1) is 0 Å². The van der Waals surface area contributed by atoms with Crippen LogP contribution in [0.2, 0.25) is 0 Å². The summed E-state index contributed by atoms with van der Waals surface area (Å²) in [7, 11) is 1.77. The number of hydrogen-bond donors (Lipinski definition) is 1. The number of anilines is 2. The topological polar surface area (TPSA) is 63.2 Å². The molecule has 2 atom stereocenters. The lowest BCUT2D eigenvalue weighted by Gasteiger charge is -2.25. The highest BCUT2D eigenvalue weighted by Crippen LogP contribution is 2.26. The SMILES string of the molecule is CO[C@H]1C[C@@H](CNc2cc(C)ccn2)N(c2cc(C)ncn2)C1. The van der Waals surface area contributed by atoms with Crippen LogP contribution in [-0.4, -0.2) is 47.3 Å². The Labute approximate surface area is 136 Å². The molecule has 0 aliphatic carbocycles. The van der Waals surface area contributed by atoms with Gasteiger partial charge in [-0.05, 0) is 38.0 Å². The van der Waals surface area contributed by atoms with Crippen LogP contribution in [-0.2, 0) is 4.74 Å². The molecular weight excluding hydrogens is 290 g/mol. The average molecular weight is 313 g/mol. The van der Waals surface area contributed by atoms with E-state index in [9.17, 15) is 0 Å². The van der Waals surface area contributed by atoms with Gasteiger partial charge in [-0.3, -0.25) is 0 Å². The van der Waals surface area contributed by atoms with Gasteiger partial charge in [0, 0.05) is 38.2 Å². The van der Waals surface area contributed by atoms with Crippen LogP contribution in [0.3, 0.4) is 0 Å². The molecule has 0 radical (unpaired) electrons. The number of nitrogens with one attached hydrogen (secondary N) is 1. The van der Waals surface area contributed by atoms with Crippen molar-refractivity contribution in [3.8, 4) is 0 Å². The maximum Gasteiger partial charge on any atom is 0.132 e. The maximum atomic E-state index is 5.57. The number of aromatic nitrogens is 3. The molecule has 0 aromatic carbocycles. The Balaban J connectivity index is 1.72. The van der Waals surface area contributed by atoms with Crippen molar-refractivity contribution in [2.45, 2.75) is 32.4 Å². The summed E-state index contributed by atoms with van der Waals surface area (Å²) in [6.45, 7) is 5.71. The van der Waals surface area contributed by atoms with Crippen LogP contribution >= 0.6 is 0 Å². The van der Waals surface area contributed by atoms with Crippen molar-refractivity contribution in [1.29, 1.82) is 0 Å². The van der Waals surface area contributed by atoms with Crippen molar-refractivity contribution in [1.82, 2.24) is 15.0 Å². The van der Waals surface area contributed by atoms with Gasteiger partial charge in [0.1, 0.15) is 18.0 Å². The van der Waals surface area contributed by atoms with E-state index in [0.29, 0.717) is 6.04 Å². The van der Waals surface area contributed by atoms with Gasteiger partial charge in [0.15, 0.2) is 0 Å². The predicted octanol–water partition coefficient (Wildman–Crippen LogP) is 2.19. The molecule has 0 spiro atoms. The second-order valence-electron chi connectivity index (χ2n) is 6.02. The standard InChI is InChI=1S/C17H23N5O/c1-12-4-5-18-16(6-12)19-9-14-8-15(23-3)10-22(14)17-7-13(2)20-11-21-17/h4-7,11,14-15H,8-10H2,1-3H3,(H,18,19)/t14-,15-/m0/s1. The van der Waals surface area contributed by atoms with E-state index in [-0.39, 0.29) is 6.10 Å². The van der Waals surface area contributed by atoms with E-state index in [4.69, 9.17) is 4.74 Å². The van der Waals surface area contributed by atoms with Gasteiger partial charge in [-0.1, -0.05) is 0 Å². The summed E-state index contributed by atoms with van der Waals surface area (Å²) in [5.41, 5.74) is 2.18. The Bertz CT molecular complexity index is 663. The Hall–Kier alpha value is -2.21. The summed E-state index contributed by atoms with van der Waals surface area (Å²) in [6, 6.07) is 6.40. The van der Waals surface area contributed by atoms with Gasteiger partial charge < -0.3 is 15.0 Å². The molecule has 2 aromatic heterocycles. The molecule has 6 nitrogen and oxygen atoms in total. The van der Waals surface area contributed by atoms with E-state index in [1.54, 1.807) is 13.4 Å². The predicted molar refractivity (Wildman–Crippen MR) is 90.8 cm³/mol. The molecule has 23 heavy (non-hydrogen) atoms. The fourth-order valence-corrected chi connectivity index (χ4v) is 2.97. The van der Waals surface area contributed by atoms with E-state index in [1.165, 1.54) is 5.56 Å². The molecular formula is C17H23N5O. The zero-order chi connectivity index (χ0) is 16.2. The molecule has 1 aliphatic rings. The zero-order valence-corrected chi connectivity index (χ0v) is 13.9. The van der Waals surface area contributed by atoms with E-state index in [2.05, 4.69) is 38.2 Å². The first kappa shape index (κ1) is 15.7. The van der Waals surface area contributed by atoms with Gasteiger partial charge in [0.05, 0.1) is 12.1 Å². The van der Waals surface area contributed by atoms with Crippen LogP contribution in [0.5, 0.6) is 0 Å². The van der Waals surface area contributed by atoms with Crippen molar-refractivity contribution in [3.63, 3.8) is 0 Å². The minimum Gasteiger partial charge on any atom is -0.380 e. The van der Waals surface area contributed by atoms with Crippen LogP contribution in [0.25, 0.3) is 0 Å². The van der Waals surface area contributed by atoms with Crippen LogP contribution in [0.1, 0.15) is 17.7 Å². The summed E-state index contributed by atoms with van der Waals surface area (Å²) in [5, 5.41) is 3.43. The number of hydrogen-bond acceptors (Lipinski definition) is 6. The molecule has 3 rings (SSSR count). The second-order valence-corrected chi connectivity index (χ2v) is 6.02. The molecule has 0 amide bonds. The molecule has 1 saturated heterocycles. The third-order valence-electron chi connectivity index (χ3n) is 4.23. The summed E-state index contributed by atoms with van der Waals surface area (Å²) >= 11 is 0. The number of aryl methyl sites for hydroxylation is 2. The first-order valence-electron chi connectivity index (χ1n) is 7.90. The van der Waals surface area contributed by atoms with E-state index < -0.39 is 0 Å². The van der Waals surface area contributed by atoms with Crippen molar-refractivity contribution < 1.29 is 4.74 Å². The van der Waals surface area contributed by atoms with Crippen molar-refractivity contribution in [2.75, 3.05) is 30.4 Å². The Morgan fingerprint density at radius 1 is 1.26 bits per heavy atom. The number of rotatable bonds is 5. The lowest BCUT2D eigenvalue weighted by Crippen LogP contribution is -2.35.